The molecule has 5 heteroatoms. The van der Waals surface area contributed by atoms with Gasteiger partial charge in [-0.1, -0.05) is 13.2 Å². The van der Waals surface area contributed by atoms with Crippen molar-refractivity contribution in [1.82, 2.24) is 9.55 Å². The number of hydrogen-bond donors (Lipinski definition) is 1. The van der Waals surface area contributed by atoms with Crippen LogP contribution < -0.4 is 11.2 Å². The van der Waals surface area contributed by atoms with Crippen molar-refractivity contribution >= 4 is 0 Å². The average molecular weight is 206 g/mol. The Bertz CT molecular complexity index is 538. The van der Waals surface area contributed by atoms with Gasteiger partial charge >= 0.3 is 5.69 Å². The van der Waals surface area contributed by atoms with Crippen molar-refractivity contribution in [2.45, 2.75) is 12.6 Å². The van der Waals surface area contributed by atoms with Crippen LogP contribution in [-0.4, -0.2) is 9.55 Å². The number of rotatable bonds is 1. The van der Waals surface area contributed by atoms with Crippen LogP contribution >= 0.6 is 0 Å². The molecule has 0 spiro atoms. The highest BCUT2D eigenvalue weighted by atomic mass is 16.5. The van der Waals surface area contributed by atoms with Gasteiger partial charge in [0.15, 0.2) is 0 Å². The summed E-state index contributed by atoms with van der Waals surface area (Å²) in [6, 6.07) is 1.26. The van der Waals surface area contributed by atoms with Gasteiger partial charge in [-0.15, -0.1) is 0 Å². The zero-order valence-electron chi connectivity index (χ0n) is 8.03. The summed E-state index contributed by atoms with van der Waals surface area (Å²) in [7, 11) is 0. The van der Waals surface area contributed by atoms with Gasteiger partial charge in [-0.05, 0) is 5.57 Å². The van der Waals surface area contributed by atoms with Crippen LogP contribution in [0.5, 0.6) is 0 Å². The van der Waals surface area contributed by atoms with Crippen molar-refractivity contribution in [2.75, 3.05) is 0 Å². The number of aromatic amines is 1. The van der Waals surface area contributed by atoms with E-state index in [-0.39, 0.29) is 0 Å². The van der Waals surface area contributed by atoms with Crippen molar-refractivity contribution in [3.8, 4) is 0 Å². The second-order valence-electron chi connectivity index (χ2n) is 3.36. The minimum Gasteiger partial charge on any atom is -0.471 e. The number of nitrogens with one attached hydrogen (secondary N) is 1. The molecule has 0 aromatic carbocycles. The Balaban J connectivity index is 2.47. The topological polar surface area (TPSA) is 64.1 Å². The third-order valence-corrected chi connectivity index (χ3v) is 2.16. The molecule has 1 atom stereocenters. The molecule has 0 aliphatic carbocycles. The molecule has 78 valence electrons. The highest BCUT2D eigenvalue weighted by Crippen LogP contribution is 2.32. The lowest BCUT2D eigenvalue weighted by Gasteiger charge is -2.13. The second-order valence-corrected chi connectivity index (χ2v) is 3.36. The zero-order chi connectivity index (χ0) is 11.0. The van der Waals surface area contributed by atoms with Crippen LogP contribution in [0.1, 0.15) is 12.6 Å². The van der Waals surface area contributed by atoms with E-state index in [1.165, 1.54) is 16.8 Å². The molecule has 2 heterocycles. The first-order chi connectivity index (χ1) is 7.08. The van der Waals surface area contributed by atoms with Gasteiger partial charge in [0, 0.05) is 18.7 Å². The Morgan fingerprint density at radius 1 is 1.47 bits per heavy atom. The lowest BCUT2D eigenvalue weighted by molar-refractivity contribution is 0.117. The van der Waals surface area contributed by atoms with Crippen LogP contribution in [0.15, 0.2) is 46.3 Å². The summed E-state index contributed by atoms with van der Waals surface area (Å²) < 4.78 is 6.61. The van der Waals surface area contributed by atoms with Gasteiger partial charge in [0.25, 0.3) is 5.56 Å². The van der Waals surface area contributed by atoms with Crippen LogP contribution in [0.25, 0.3) is 0 Å². The van der Waals surface area contributed by atoms with E-state index in [1.807, 2.05) is 0 Å². The van der Waals surface area contributed by atoms with Gasteiger partial charge in [-0.25, -0.2) is 4.79 Å². The zero-order valence-corrected chi connectivity index (χ0v) is 8.03. The molecule has 1 fully saturated rings. The molecular weight excluding hydrogens is 196 g/mol. The molecule has 0 amide bonds. The van der Waals surface area contributed by atoms with E-state index >= 15 is 0 Å². The molecule has 0 radical (unpaired) electrons. The van der Waals surface area contributed by atoms with Crippen molar-refractivity contribution in [3.05, 3.63) is 57.6 Å². The SMILES string of the molecule is C=C1CC(=C)[C@H](n2ccc(=O)[nH]c2=O)O1. The molecule has 15 heavy (non-hydrogen) atoms. The Hall–Kier alpha value is -2.04. The number of H-pyrrole nitrogens is 1. The standard InChI is InChI=1S/C10H10N2O3/c1-6-5-7(2)15-9(6)12-4-3-8(13)11-10(12)14/h3-4,9H,1-2,5H2,(H,11,13,14)/t9-/m1/s1. The Labute approximate surface area is 85.3 Å². The summed E-state index contributed by atoms with van der Waals surface area (Å²) in [4.78, 5) is 24.4. The normalized spacial score (nSPS) is 20.4. The Morgan fingerprint density at radius 3 is 2.73 bits per heavy atom. The highest BCUT2D eigenvalue weighted by Gasteiger charge is 2.25. The van der Waals surface area contributed by atoms with Crippen molar-refractivity contribution < 1.29 is 4.74 Å². The maximum atomic E-state index is 11.4. The minimum atomic E-state index is -0.554. The smallest absolute Gasteiger partial charge is 0.331 e. The summed E-state index contributed by atoms with van der Waals surface area (Å²) in [5.74, 6) is 0.572. The average Bonchev–Trinajstić information content (AvgIpc) is 2.45. The third-order valence-electron chi connectivity index (χ3n) is 2.16. The molecule has 0 saturated carbocycles. The maximum Gasteiger partial charge on any atom is 0.331 e. The van der Waals surface area contributed by atoms with Crippen LogP contribution in [-0.2, 0) is 4.74 Å². The molecular formula is C10H10N2O3. The van der Waals surface area contributed by atoms with Crippen molar-refractivity contribution in [3.63, 3.8) is 0 Å². The molecule has 1 saturated heterocycles. The van der Waals surface area contributed by atoms with Crippen LogP contribution in [0.4, 0.5) is 0 Å². The van der Waals surface area contributed by atoms with Gasteiger partial charge in [0.2, 0.25) is 6.23 Å². The summed E-state index contributed by atoms with van der Waals surface area (Å²) in [6.45, 7) is 7.45. The number of nitrogens with zero attached hydrogens (tertiary/aromatic N) is 1. The summed E-state index contributed by atoms with van der Waals surface area (Å²) in [6.07, 6.45) is 1.37. The first kappa shape index (κ1) is 9.51. The van der Waals surface area contributed by atoms with E-state index in [2.05, 4.69) is 18.1 Å². The summed E-state index contributed by atoms with van der Waals surface area (Å²) in [5, 5.41) is 0. The molecule has 1 N–H and O–H groups in total. The fourth-order valence-corrected chi connectivity index (χ4v) is 1.49. The molecule has 0 unspecified atom stereocenters. The maximum absolute atomic E-state index is 11.4. The van der Waals surface area contributed by atoms with Gasteiger partial charge in [0.1, 0.15) is 0 Å². The first-order valence-electron chi connectivity index (χ1n) is 4.41. The fraction of sp³-hybridized carbons (Fsp3) is 0.200. The van der Waals surface area contributed by atoms with E-state index in [9.17, 15) is 9.59 Å². The van der Waals surface area contributed by atoms with Gasteiger partial charge in [0.05, 0.1) is 5.76 Å². The summed E-state index contributed by atoms with van der Waals surface area (Å²) >= 11 is 0. The predicted molar refractivity (Wildman–Crippen MR) is 54.3 cm³/mol. The van der Waals surface area contributed by atoms with Gasteiger partial charge in [-0.2, -0.15) is 0 Å². The number of ether oxygens (including phenoxy) is 1. The van der Waals surface area contributed by atoms with Crippen LogP contribution in [0.2, 0.25) is 0 Å². The van der Waals surface area contributed by atoms with Crippen LogP contribution in [0.3, 0.4) is 0 Å². The number of hydrogen-bond acceptors (Lipinski definition) is 3. The molecule has 1 aliphatic heterocycles. The van der Waals surface area contributed by atoms with E-state index < -0.39 is 17.5 Å². The van der Waals surface area contributed by atoms with E-state index in [0.717, 1.165) is 5.57 Å². The van der Waals surface area contributed by atoms with Crippen molar-refractivity contribution in [2.24, 2.45) is 0 Å². The molecule has 1 aromatic rings. The highest BCUT2D eigenvalue weighted by molar-refractivity contribution is 5.15. The predicted octanol–water partition coefficient (Wildman–Crippen LogP) is 0.525. The van der Waals surface area contributed by atoms with Crippen LogP contribution in [0, 0.1) is 0 Å². The molecule has 1 aromatic heterocycles. The van der Waals surface area contributed by atoms with Crippen molar-refractivity contribution in [1.29, 1.82) is 0 Å². The Morgan fingerprint density at radius 2 is 2.20 bits per heavy atom. The third kappa shape index (κ3) is 1.63. The van der Waals surface area contributed by atoms with E-state index in [4.69, 9.17) is 4.74 Å². The molecule has 5 nitrogen and oxygen atoms in total. The van der Waals surface area contributed by atoms with Gasteiger partial charge in [-0.3, -0.25) is 14.3 Å². The number of allylic oxidation sites excluding steroid dienone is 1. The molecule has 2 rings (SSSR count). The minimum absolute atomic E-state index is 0.432. The second kappa shape index (κ2) is 3.27. The first-order valence-corrected chi connectivity index (χ1v) is 4.41. The lowest BCUT2D eigenvalue weighted by Crippen LogP contribution is -2.31. The Kier molecular flexibility index (Phi) is 2.07. The number of aromatic nitrogens is 2. The van der Waals surface area contributed by atoms with Gasteiger partial charge < -0.3 is 4.74 Å². The molecule has 1 aliphatic rings. The molecule has 0 bridgehead atoms. The van der Waals surface area contributed by atoms with E-state index in [0.29, 0.717) is 12.2 Å². The largest absolute Gasteiger partial charge is 0.471 e. The monoisotopic (exact) mass is 206 g/mol. The van der Waals surface area contributed by atoms with E-state index in [1.54, 1.807) is 0 Å². The quantitative estimate of drug-likeness (QED) is 0.681. The summed E-state index contributed by atoms with van der Waals surface area (Å²) in [5.41, 5.74) is -0.198. The lowest BCUT2D eigenvalue weighted by atomic mass is 10.2. The fourth-order valence-electron chi connectivity index (χ4n) is 1.49.